The zero-order valence-electron chi connectivity index (χ0n) is 16.0. The minimum atomic E-state index is 0.621. The molecule has 6 heteroatoms. The predicted octanol–water partition coefficient (Wildman–Crippen LogP) is 2.59. The Morgan fingerprint density at radius 1 is 1.07 bits per heavy atom. The van der Waals surface area contributed by atoms with Crippen LogP contribution in [0.3, 0.4) is 0 Å². The second kappa shape index (κ2) is 7.17. The molecule has 4 aliphatic rings. The van der Waals surface area contributed by atoms with E-state index < -0.39 is 0 Å². The molecule has 0 spiro atoms. The SMILES string of the molecule is Cc1[nH]cnc1CN1C[C@@H]2CC[C@H](C1)N(Cc1ccc3c(c1)OCCO3)C2. The van der Waals surface area contributed by atoms with E-state index in [1.807, 2.05) is 6.33 Å². The molecule has 5 heterocycles. The number of rotatable bonds is 4. The highest BCUT2D eigenvalue weighted by atomic mass is 16.6. The van der Waals surface area contributed by atoms with Crippen LogP contribution in [0.1, 0.15) is 29.8 Å². The molecule has 2 atom stereocenters. The molecule has 0 radical (unpaired) electrons. The normalized spacial score (nSPS) is 25.5. The Kier molecular flexibility index (Phi) is 4.53. The molecule has 1 aromatic carbocycles. The topological polar surface area (TPSA) is 53.6 Å². The monoisotopic (exact) mass is 368 g/mol. The first-order chi connectivity index (χ1) is 13.2. The zero-order valence-corrected chi connectivity index (χ0v) is 16.0. The Balaban J connectivity index is 1.28. The van der Waals surface area contributed by atoms with Gasteiger partial charge in [-0.1, -0.05) is 6.07 Å². The molecule has 2 aromatic rings. The van der Waals surface area contributed by atoms with Gasteiger partial charge in [-0.3, -0.25) is 9.80 Å². The van der Waals surface area contributed by atoms with Crippen molar-refractivity contribution in [2.75, 3.05) is 32.8 Å². The maximum atomic E-state index is 5.77. The smallest absolute Gasteiger partial charge is 0.161 e. The minimum Gasteiger partial charge on any atom is -0.486 e. The van der Waals surface area contributed by atoms with Crippen LogP contribution >= 0.6 is 0 Å². The number of hydrogen-bond acceptors (Lipinski definition) is 5. The molecule has 27 heavy (non-hydrogen) atoms. The zero-order chi connectivity index (χ0) is 18.2. The molecule has 4 aliphatic heterocycles. The fraction of sp³-hybridized carbons (Fsp3) is 0.571. The molecule has 0 amide bonds. The van der Waals surface area contributed by atoms with Crippen LogP contribution in [0.4, 0.5) is 0 Å². The van der Waals surface area contributed by atoms with Gasteiger partial charge >= 0.3 is 0 Å². The predicted molar refractivity (Wildman–Crippen MR) is 103 cm³/mol. The number of ether oxygens (including phenoxy) is 2. The summed E-state index contributed by atoms with van der Waals surface area (Å²) in [6.07, 6.45) is 4.45. The van der Waals surface area contributed by atoms with Crippen molar-refractivity contribution in [3.8, 4) is 11.5 Å². The van der Waals surface area contributed by atoms with Crippen LogP contribution in [0.5, 0.6) is 11.5 Å². The Morgan fingerprint density at radius 2 is 1.96 bits per heavy atom. The molecular formula is C21H28N4O2. The molecule has 0 saturated carbocycles. The first kappa shape index (κ1) is 17.1. The van der Waals surface area contributed by atoms with Gasteiger partial charge < -0.3 is 14.5 Å². The van der Waals surface area contributed by atoms with Gasteiger partial charge in [0.05, 0.1) is 12.0 Å². The summed E-state index contributed by atoms with van der Waals surface area (Å²) in [6, 6.07) is 7.04. The molecular weight excluding hydrogens is 340 g/mol. The summed E-state index contributed by atoms with van der Waals surface area (Å²) in [4.78, 5) is 13.0. The average molecular weight is 368 g/mol. The lowest BCUT2D eigenvalue weighted by Crippen LogP contribution is -2.43. The summed E-state index contributed by atoms with van der Waals surface area (Å²) in [5, 5.41) is 0. The van der Waals surface area contributed by atoms with E-state index in [1.165, 1.54) is 42.9 Å². The molecule has 1 aromatic heterocycles. The molecule has 6 nitrogen and oxygen atoms in total. The van der Waals surface area contributed by atoms with E-state index in [2.05, 4.69) is 44.9 Å². The van der Waals surface area contributed by atoms with E-state index in [1.54, 1.807) is 0 Å². The number of fused-ring (bicyclic) bond motifs is 5. The van der Waals surface area contributed by atoms with Crippen LogP contribution in [-0.2, 0) is 13.1 Å². The average Bonchev–Trinajstić information content (AvgIpc) is 2.89. The van der Waals surface area contributed by atoms with E-state index in [9.17, 15) is 0 Å². The maximum Gasteiger partial charge on any atom is 0.161 e. The van der Waals surface area contributed by atoms with Crippen molar-refractivity contribution in [2.45, 2.75) is 38.9 Å². The van der Waals surface area contributed by atoms with Crippen molar-refractivity contribution in [3.05, 3.63) is 41.5 Å². The Bertz CT molecular complexity index is 805. The van der Waals surface area contributed by atoms with Crippen molar-refractivity contribution in [1.82, 2.24) is 19.8 Å². The highest BCUT2D eigenvalue weighted by molar-refractivity contribution is 5.43. The lowest BCUT2D eigenvalue weighted by Gasteiger charge is -2.36. The number of piperidine rings is 1. The number of nitrogens with one attached hydrogen (secondary N) is 1. The van der Waals surface area contributed by atoms with E-state index in [4.69, 9.17) is 9.47 Å². The molecule has 6 rings (SSSR count). The summed E-state index contributed by atoms with van der Waals surface area (Å²) in [5.41, 5.74) is 3.70. The van der Waals surface area contributed by atoms with Crippen LogP contribution in [-0.4, -0.2) is 58.7 Å². The van der Waals surface area contributed by atoms with Gasteiger partial charge in [0.2, 0.25) is 0 Å². The van der Waals surface area contributed by atoms with Crippen molar-refractivity contribution < 1.29 is 9.47 Å². The van der Waals surface area contributed by atoms with Crippen LogP contribution < -0.4 is 9.47 Å². The Labute approximate surface area is 160 Å². The van der Waals surface area contributed by atoms with Crippen molar-refractivity contribution in [1.29, 1.82) is 0 Å². The van der Waals surface area contributed by atoms with Crippen LogP contribution in [0.2, 0.25) is 0 Å². The van der Waals surface area contributed by atoms with Gasteiger partial charge in [-0.05, 0) is 43.4 Å². The van der Waals surface area contributed by atoms with Crippen LogP contribution in [0.15, 0.2) is 24.5 Å². The summed E-state index contributed by atoms with van der Waals surface area (Å²) >= 11 is 0. The second-order valence-electron chi connectivity index (χ2n) is 8.17. The Hall–Kier alpha value is -2.05. The Morgan fingerprint density at radius 3 is 2.81 bits per heavy atom. The lowest BCUT2D eigenvalue weighted by molar-refractivity contribution is 0.122. The number of imidazole rings is 1. The van der Waals surface area contributed by atoms with Gasteiger partial charge in [0.1, 0.15) is 13.2 Å². The van der Waals surface area contributed by atoms with Gasteiger partial charge in [0.25, 0.3) is 0 Å². The standard InChI is InChI=1S/C21H28N4O2/c1-15-19(23-14-22-15)13-24-9-17-2-4-18(12-24)25(11-17)10-16-3-5-20-21(8-16)27-7-6-26-20/h3,5,8,14,17-18H,2,4,6-7,9-13H2,1H3,(H,22,23)/t17-,18+/m0/s1. The molecule has 144 valence electrons. The molecule has 3 fully saturated rings. The summed E-state index contributed by atoms with van der Waals surface area (Å²) in [5.74, 6) is 2.53. The van der Waals surface area contributed by atoms with Crippen LogP contribution in [0.25, 0.3) is 0 Å². The number of nitrogens with zero attached hydrogens (tertiary/aromatic N) is 3. The summed E-state index contributed by atoms with van der Waals surface area (Å²) < 4.78 is 11.4. The van der Waals surface area contributed by atoms with E-state index in [0.717, 1.165) is 37.1 Å². The quantitative estimate of drug-likeness (QED) is 0.899. The second-order valence-corrected chi connectivity index (χ2v) is 8.17. The van der Waals surface area contributed by atoms with E-state index in [-0.39, 0.29) is 0 Å². The minimum absolute atomic E-state index is 0.621. The number of hydrogen-bond donors (Lipinski definition) is 1. The molecule has 1 N–H and O–H groups in total. The summed E-state index contributed by atoms with van der Waals surface area (Å²) in [7, 11) is 0. The largest absolute Gasteiger partial charge is 0.486 e. The maximum absolute atomic E-state index is 5.77. The summed E-state index contributed by atoms with van der Waals surface area (Å²) in [6.45, 7) is 8.86. The fourth-order valence-corrected chi connectivity index (χ4v) is 4.78. The van der Waals surface area contributed by atoms with Gasteiger partial charge in [-0.2, -0.15) is 0 Å². The van der Waals surface area contributed by atoms with Gasteiger partial charge in [0, 0.05) is 44.5 Å². The van der Waals surface area contributed by atoms with Gasteiger partial charge in [-0.25, -0.2) is 4.98 Å². The number of benzene rings is 1. The van der Waals surface area contributed by atoms with Crippen LogP contribution in [0, 0.1) is 12.8 Å². The first-order valence-corrected chi connectivity index (χ1v) is 10.1. The third-order valence-electron chi connectivity index (χ3n) is 6.20. The number of aromatic amines is 1. The number of H-pyrrole nitrogens is 1. The fourth-order valence-electron chi connectivity index (χ4n) is 4.78. The van der Waals surface area contributed by atoms with Crippen molar-refractivity contribution >= 4 is 0 Å². The first-order valence-electron chi connectivity index (χ1n) is 10.1. The molecule has 2 bridgehead atoms. The van der Waals surface area contributed by atoms with Gasteiger partial charge in [-0.15, -0.1) is 0 Å². The molecule has 0 aliphatic carbocycles. The number of aryl methyl sites for hydroxylation is 1. The van der Waals surface area contributed by atoms with Crippen molar-refractivity contribution in [2.24, 2.45) is 5.92 Å². The highest BCUT2D eigenvalue weighted by Crippen LogP contribution is 2.33. The highest BCUT2D eigenvalue weighted by Gasteiger charge is 2.35. The van der Waals surface area contributed by atoms with Crippen molar-refractivity contribution in [3.63, 3.8) is 0 Å². The molecule has 3 saturated heterocycles. The molecule has 0 unspecified atom stereocenters. The lowest BCUT2D eigenvalue weighted by atomic mass is 9.94. The number of aromatic nitrogens is 2. The van der Waals surface area contributed by atoms with E-state index >= 15 is 0 Å². The van der Waals surface area contributed by atoms with Gasteiger partial charge in [0.15, 0.2) is 11.5 Å². The third-order valence-corrected chi connectivity index (χ3v) is 6.20. The van der Waals surface area contributed by atoms with E-state index in [0.29, 0.717) is 19.3 Å². The third kappa shape index (κ3) is 3.56.